The Balaban J connectivity index is 1.86. The predicted octanol–water partition coefficient (Wildman–Crippen LogP) is 2.37. The predicted molar refractivity (Wildman–Crippen MR) is 88.6 cm³/mol. The van der Waals surface area contributed by atoms with Gasteiger partial charge in [-0.2, -0.15) is 5.10 Å². The maximum atomic E-state index is 4.23. The monoisotopic (exact) mass is 311 g/mol. The number of nitrogens with zero attached hydrogens (tertiary/aromatic N) is 7. The van der Waals surface area contributed by atoms with E-state index in [1.165, 1.54) is 5.56 Å². The second-order valence-corrected chi connectivity index (χ2v) is 5.58. The minimum atomic E-state index is 0.160. The molecule has 7 heteroatoms. The van der Waals surface area contributed by atoms with Gasteiger partial charge in [-0.3, -0.25) is 4.68 Å². The smallest absolute Gasteiger partial charge is 0.250 e. The van der Waals surface area contributed by atoms with Crippen LogP contribution in [0.25, 0.3) is 0 Å². The fourth-order valence-corrected chi connectivity index (χ4v) is 2.68. The van der Waals surface area contributed by atoms with Crippen LogP contribution in [0.4, 0.5) is 11.6 Å². The molecule has 0 saturated carbocycles. The van der Waals surface area contributed by atoms with Gasteiger partial charge < -0.3 is 4.90 Å². The Morgan fingerprint density at radius 1 is 1.22 bits per heavy atom. The number of benzene rings is 1. The number of aryl methyl sites for hydroxylation is 1. The van der Waals surface area contributed by atoms with Crippen molar-refractivity contribution in [2.75, 3.05) is 11.4 Å². The van der Waals surface area contributed by atoms with Gasteiger partial charge in [-0.25, -0.2) is 4.68 Å². The van der Waals surface area contributed by atoms with Crippen molar-refractivity contribution in [3.05, 3.63) is 48.3 Å². The fraction of sp³-hybridized carbons (Fsp3) is 0.375. The Bertz CT molecular complexity index is 747. The quantitative estimate of drug-likeness (QED) is 0.699. The first-order valence-corrected chi connectivity index (χ1v) is 7.77. The molecular formula is C16H21N7. The first-order chi connectivity index (χ1) is 11.2. The van der Waals surface area contributed by atoms with Gasteiger partial charge in [0.25, 0.3) is 0 Å². The molecule has 120 valence electrons. The summed E-state index contributed by atoms with van der Waals surface area (Å²) in [4.78, 5) is 2.06. The topological polar surface area (TPSA) is 64.7 Å². The lowest BCUT2D eigenvalue weighted by Crippen LogP contribution is -2.23. The molecule has 0 amide bonds. The molecule has 3 rings (SSSR count). The molecule has 0 fully saturated rings. The fourth-order valence-electron chi connectivity index (χ4n) is 2.68. The summed E-state index contributed by atoms with van der Waals surface area (Å²) >= 11 is 0. The highest BCUT2D eigenvalue weighted by Gasteiger charge is 2.20. The van der Waals surface area contributed by atoms with E-state index in [0.29, 0.717) is 0 Å². The first-order valence-electron chi connectivity index (χ1n) is 7.77. The third-order valence-corrected chi connectivity index (χ3v) is 3.83. The number of anilines is 2. The first kappa shape index (κ1) is 15.2. The zero-order chi connectivity index (χ0) is 16.2. The number of aromatic nitrogens is 6. The SMILES string of the molecule is CCN(c1cnn(C)c1)c1nnnn1C(C)Cc1ccccc1. The van der Waals surface area contributed by atoms with Gasteiger partial charge in [0.1, 0.15) is 0 Å². The second-order valence-electron chi connectivity index (χ2n) is 5.58. The van der Waals surface area contributed by atoms with E-state index in [2.05, 4.69) is 63.6 Å². The average Bonchev–Trinajstić information content (AvgIpc) is 3.19. The lowest BCUT2D eigenvalue weighted by atomic mass is 10.1. The summed E-state index contributed by atoms with van der Waals surface area (Å²) in [6.45, 7) is 4.97. The Morgan fingerprint density at radius 2 is 2.00 bits per heavy atom. The van der Waals surface area contributed by atoms with E-state index in [1.807, 2.05) is 30.2 Å². The van der Waals surface area contributed by atoms with Crippen molar-refractivity contribution in [2.45, 2.75) is 26.3 Å². The van der Waals surface area contributed by atoms with Crippen LogP contribution in [0.15, 0.2) is 42.7 Å². The van der Waals surface area contributed by atoms with Gasteiger partial charge in [0.05, 0.1) is 17.9 Å². The van der Waals surface area contributed by atoms with Crippen LogP contribution in [0.1, 0.15) is 25.5 Å². The van der Waals surface area contributed by atoms with Gasteiger partial charge >= 0.3 is 0 Å². The molecule has 0 N–H and O–H groups in total. The Labute approximate surface area is 135 Å². The lowest BCUT2D eigenvalue weighted by molar-refractivity contribution is 0.475. The molecule has 2 heterocycles. The van der Waals surface area contributed by atoms with Crippen molar-refractivity contribution < 1.29 is 0 Å². The summed E-state index contributed by atoms with van der Waals surface area (Å²) in [6, 6.07) is 10.5. The van der Waals surface area contributed by atoms with E-state index in [0.717, 1.165) is 24.6 Å². The van der Waals surface area contributed by atoms with Crippen molar-refractivity contribution in [3.8, 4) is 0 Å². The molecule has 0 bridgehead atoms. The molecular weight excluding hydrogens is 290 g/mol. The molecule has 7 nitrogen and oxygen atoms in total. The molecule has 0 aliphatic heterocycles. The van der Waals surface area contributed by atoms with E-state index in [4.69, 9.17) is 0 Å². The lowest BCUT2D eigenvalue weighted by Gasteiger charge is -2.22. The molecule has 0 spiro atoms. The highest BCUT2D eigenvalue weighted by Crippen LogP contribution is 2.25. The summed E-state index contributed by atoms with van der Waals surface area (Å²) in [5.41, 5.74) is 2.25. The van der Waals surface area contributed by atoms with E-state index in [9.17, 15) is 0 Å². The minimum Gasteiger partial charge on any atom is -0.307 e. The van der Waals surface area contributed by atoms with Crippen molar-refractivity contribution in [3.63, 3.8) is 0 Å². The van der Waals surface area contributed by atoms with Gasteiger partial charge in [-0.05, 0) is 36.3 Å². The van der Waals surface area contributed by atoms with Crippen LogP contribution in [0.3, 0.4) is 0 Å². The highest BCUT2D eigenvalue weighted by molar-refractivity contribution is 5.54. The van der Waals surface area contributed by atoms with Crippen molar-refractivity contribution in [2.24, 2.45) is 7.05 Å². The second kappa shape index (κ2) is 6.60. The van der Waals surface area contributed by atoms with Crippen molar-refractivity contribution >= 4 is 11.6 Å². The van der Waals surface area contributed by atoms with E-state index < -0.39 is 0 Å². The number of hydrogen-bond donors (Lipinski definition) is 0. The van der Waals surface area contributed by atoms with E-state index in [-0.39, 0.29) is 6.04 Å². The summed E-state index contributed by atoms with van der Waals surface area (Å²) in [5, 5.41) is 16.5. The maximum absolute atomic E-state index is 4.23. The number of rotatable bonds is 6. The zero-order valence-electron chi connectivity index (χ0n) is 13.7. The molecule has 1 unspecified atom stereocenters. The molecule has 2 aromatic heterocycles. The van der Waals surface area contributed by atoms with Crippen LogP contribution in [-0.4, -0.2) is 36.5 Å². The molecule has 0 aliphatic rings. The zero-order valence-corrected chi connectivity index (χ0v) is 13.7. The Kier molecular flexibility index (Phi) is 4.36. The summed E-state index contributed by atoms with van der Waals surface area (Å²) in [6.07, 6.45) is 4.66. The van der Waals surface area contributed by atoms with Gasteiger partial charge in [0.2, 0.25) is 5.95 Å². The molecule has 0 saturated heterocycles. The van der Waals surface area contributed by atoms with Crippen LogP contribution in [0.5, 0.6) is 0 Å². The van der Waals surface area contributed by atoms with Crippen LogP contribution in [-0.2, 0) is 13.5 Å². The Morgan fingerprint density at radius 3 is 2.65 bits per heavy atom. The Hall–Kier alpha value is -2.70. The van der Waals surface area contributed by atoms with Crippen LogP contribution < -0.4 is 4.90 Å². The molecule has 0 radical (unpaired) electrons. The standard InChI is InChI=1S/C16H21N7/c1-4-22(15-11-17-21(3)12-15)16-18-19-20-23(16)13(2)10-14-8-6-5-7-9-14/h5-9,11-13H,4,10H2,1-3H3. The summed E-state index contributed by atoms with van der Waals surface area (Å²) in [7, 11) is 1.90. The van der Waals surface area contributed by atoms with Gasteiger partial charge in [-0.1, -0.05) is 35.4 Å². The van der Waals surface area contributed by atoms with E-state index in [1.54, 1.807) is 4.68 Å². The average molecular weight is 311 g/mol. The number of tetrazole rings is 1. The maximum Gasteiger partial charge on any atom is 0.250 e. The molecule has 23 heavy (non-hydrogen) atoms. The normalized spacial score (nSPS) is 12.3. The third-order valence-electron chi connectivity index (χ3n) is 3.83. The minimum absolute atomic E-state index is 0.160. The molecule has 1 aromatic carbocycles. The van der Waals surface area contributed by atoms with Gasteiger partial charge in [0.15, 0.2) is 0 Å². The van der Waals surface area contributed by atoms with Gasteiger partial charge in [-0.15, -0.1) is 0 Å². The summed E-state index contributed by atoms with van der Waals surface area (Å²) in [5.74, 6) is 0.740. The summed E-state index contributed by atoms with van der Waals surface area (Å²) < 4.78 is 3.66. The molecule has 1 atom stereocenters. The van der Waals surface area contributed by atoms with Gasteiger partial charge in [0, 0.05) is 19.8 Å². The van der Waals surface area contributed by atoms with Crippen LogP contribution in [0.2, 0.25) is 0 Å². The number of hydrogen-bond acceptors (Lipinski definition) is 5. The highest BCUT2D eigenvalue weighted by atomic mass is 15.6. The van der Waals surface area contributed by atoms with E-state index >= 15 is 0 Å². The molecule has 0 aliphatic carbocycles. The molecule has 3 aromatic rings. The van der Waals surface area contributed by atoms with Crippen molar-refractivity contribution in [1.82, 2.24) is 30.0 Å². The van der Waals surface area contributed by atoms with Crippen LogP contribution in [0, 0.1) is 0 Å². The largest absolute Gasteiger partial charge is 0.307 e. The van der Waals surface area contributed by atoms with Crippen molar-refractivity contribution in [1.29, 1.82) is 0 Å². The third kappa shape index (κ3) is 3.23. The van der Waals surface area contributed by atoms with Crippen LogP contribution >= 0.6 is 0 Å².